The van der Waals surface area contributed by atoms with Crippen LogP contribution < -0.4 is 0 Å². The first kappa shape index (κ1) is 13.5. The van der Waals surface area contributed by atoms with Gasteiger partial charge < -0.3 is 0 Å². The summed E-state index contributed by atoms with van der Waals surface area (Å²) in [7, 11) is 0. The Morgan fingerprint density at radius 3 is 2.94 bits per heavy atom. The highest BCUT2D eigenvalue weighted by Crippen LogP contribution is 2.23. The highest BCUT2D eigenvalue weighted by atomic mass is 79.9. The predicted molar refractivity (Wildman–Crippen MR) is 79.4 cm³/mol. The van der Waals surface area contributed by atoms with Gasteiger partial charge in [0, 0.05) is 10.9 Å². The fourth-order valence-electron chi connectivity index (χ4n) is 2.05. The molecule has 1 heterocycles. The number of halogens is 1. The van der Waals surface area contributed by atoms with Crippen molar-refractivity contribution >= 4 is 28.1 Å². The van der Waals surface area contributed by atoms with E-state index in [9.17, 15) is 0 Å². The fraction of sp³-hybridized carbons (Fsp3) is 0.385. The average molecular weight is 326 g/mol. The topological polar surface area (TPSA) is 33.6 Å². The summed E-state index contributed by atoms with van der Waals surface area (Å²) in [6.45, 7) is 4.29. The van der Waals surface area contributed by atoms with Gasteiger partial charge in [-0.15, -0.1) is 0 Å². The molecule has 1 aromatic heterocycles. The van der Waals surface area contributed by atoms with Gasteiger partial charge in [-0.05, 0) is 43.3 Å². The lowest BCUT2D eigenvalue weighted by Gasteiger charge is -2.16. The van der Waals surface area contributed by atoms with Crippen LogP contribution in [0.25, 0.3) is 0 Å². The number of aromatic nitrogens is 3. The van der Waals surface area contributed by atoms with Crippen LogP contribution in [0.1, 0.15) is 37.7 Å². The minimum Gasteiger partial charge on any atom is -0.297 e. The normalized spacial score (nSPS) is 12.6. The Kier molecular flexibility index (Phi) is 4.35. The van der Waals surface area contributed by atoms with E-state index in [4.69, 9.17) is 12.2 Å². The molecule has 5 heteroatoms. The van der Waals surface area contributed by atoms with E-state index in [0.29, 0.717) is 4.77 Å². The summed E-state index contributed by atoms with van der Waals surface area (Å²) in [4.78, 5) is 0. The van der Waals surface area contributed by atoms with Crippen LogP contribution in [-0.4, -0.2) is 14.8 Å². The Morgan fingerprint density at radius 2 is 2.28 bits per heavy atom. The number of nitrogens with one attached hydrogen (secondary N) is 1. The van der Waals surface area contributed by atoms with Gasteiger partial charge in [0.25, 0.3) is 0 Å². The van der Waals surface area contributed by atoms with E-state index in [2.05, 4.69) is 56.7 Å². The van der Waals surface area contributed by atoms with Crippen LogP contribution >= 0.6 is 28.1 Å². The highest BCUT2D eigenvalue weighted by molar-refractivity contribution is 9.10. The molecule has 1 N–H and O–H groups in total. The molecule has 96 valence electrons. The summed E-state index contributed by atoms with van der Waals surface area (Å²) in [6.07, 6.45) is 2.00. The van der Waals surface area contributed by atoms with Gasteiger partial charge in [0.15, 0.2) is 4.77 Å². The largest absolute Gasteiger partial charge is 0.297 e. The molecule has 0 fully saturated rings. The van der Waals surface area contributed by atoms with Crippen LogP contribution in [0, 0.1) is 4.77 Å². The van der Waals surface area contributed by atoms with E-state index in [1.165, 1.54) is 5.56 Å². The SMILES string of the molecule is CCCc1n[nH]c(=S)n1C(C)c1cccc(Br)c1. The molecule has 1 aromatic carbocycles. The zero-order valence-electron chi connectivity index (χ0n) is 10.5. The summed E-state index contributed by atoms with van der Waals surface area (Å²) in [5.41, 5.74) is 1.22. The van der Waals surface area contributed by atoms with Crippen molar-refractivity contribution in [2.24, 2.45) is 0 Å². The Morgan fingerprint density at radius 1 is 1.50 bits per heavy atom. The molecule has 1 atom stereocenters. The van der Waals surface area contributed by atoms with E-state index in [-0.39, 0.29) is 6.04 Å². The minimum atomic E-state index is 0.190. The average Bonchev–Trinajstić information content (AvgIpc) is 2.70. The Labute approximate surface area is 120 Å². The number of nitrogens with zero attached hydrogens (tertiary/aromatic N) is 2. The lowest BCUT2D eigenvalue weighted by Crippen LogP contribution is -2.11. The summed E-state index contributed by atoms with van der Waals surface area (Å²) in [6, 6.07) is 8.49. The van der Waals surface area contributed by atoms with Crippen molar-refractivity contribution in [2.75, 3.05) is 0 Å². The van der Waals surface area contributed by atoms with Gasteiger partial charge in [0.2, 0.25) is 0 Å². The maximum atomic E-state index is 5.33. The van der Waals surface area contributed by atoms with Crippen LogP contribution in [-0.2, 0) is 6.42 Å². The quantitative estimate of drug-likeness (QED) is 0.852. The number of H-pyrrole nitrogens is 1. The second-order valence-corrected chi connectivity index (χ2v) is 5.60. The van der Waals surface area contributed by atoms with Gasteiger partial charge in [0.05, 0.1) is 6.04 Å². The molecule has 2 rings (SSSR count). The molecule has 0 aliphatic carbocycles. The van der Waals surface area contributed by atoms with E-state index in [1.54, 1.807) is 0 Å². The van der Waals surface area contributed by atoms with Gasteiger partial charge in [-0.1, -0.05) is 35.0 Å². The van der Waals surface area contributed by atoms with Crippen LogP contribution in [0.3, 0.4) is 0 Å². The second-order valence-electron chi connectivity index (χ2n) is 4.30. The molecule has 0 saturated carbocycles. The maximum absolute atomic E-state index is 5.33. The van der Waals surface area contributed by atoms with E-state index in [0.717, 1.165) is 23.1 Å². The third-order valence-corrected chi connectivity index (χ3v) is 3.75. The van der Waals surface area contributed by atoms with Crippen molar-refractivity contribution in [2.45, 2.75) is 32.7 Å². The zero-order valence-corrected chi connectivity index (χ0v) is 12.9. The first-order valence-corrected chi connectivity index (χ1v) is 7.25. The van der Waals surface area contributed by atoms with Gasteiger partial charge in [0.1, 0.15) is 5.82 Å². The summed E-state index contributed by atoms with van der Waals surface area (Å²) in [5, 5.41) is 7.20. The number of benzene rings is 1. The lowest BCUT2D eigenvalue weighted by molar-refractivity contribution is 0.589. The van der Waals surface area contributed by atoms with E-state index in [1.807, 2.05) is 12.1 Å². The molecule has 0 spiro atoms. The summed E-state index contributed by atoms with van der Waals surface area (Å²) in [5.74, 6) is 1.02. The third kappa shape index (κ3) is 2.72. The van der Waals surface area contributed by atoms with Crippen molar-refractivity contribution in [1.82, 2.24) is 14.8 Å². The van der Waals surface area contributed by atoms with Crippen molar-refractivity contribution < 1.29 is 0 Å². The van der Waals surface area contributed by atoms with Crippen LogP contribution in [0.2, 0.25) is 0 Å². The monoisotopic (exact) mass is 325 g/mol. The summed E-state index contributed by atoms with van der Waals surface area (Å²) >= 11 is 8.83. The Hall–Kier alpha value is -0.940. The number of hydrogen-bond donors (Lipinski definition) is 1. The summed E-state index contributed by atoms with van der Waals surface area (Å²) < 4.78 is 3.87. The zero-order chi connectivity index (χ0) is 13.1. The fourth-order valence-corrected chi connectivity index (χ4v) is 2.78. The molecule has 3 nitrogen and oxygen atoms in total. The smallest absolute Gasteiger partial charge is 0.195 e. The molecule has 0 aliphatic rings. The minimum absolute atomic E-state index is 0.190. The van der Waals surface area contributed by atoms with Crippen LogP contribution in [0.5, 0.6) is 0 Å². The van der Waals surface area contributed by atoms with Crippen molar-refractivity contribution in [3.63, 3.8) is 0 Å². The van der Waals surface area contributed by atoms with Gasteiger partial charge in [-0.3, -0.25) is 9.67 Å². The first-order chi connectivity index (χ1) is 8.63. The van der Waals surface area contributed by atoms with Crippen molar-refractivity contribution in [3.8, 4) is 0 Å². The standard InChI is InChI=1S/C13H16BrN3S/c1-3-5-12-15-16-13(18)17(12)9(2)10-6-4-7-11(14)8-10/h4,6-9H,3,5H2,1-2H3,(H,16,18). The van der Waals surface area contributed by atoms with Crippen molar-refractivity contribution in [1.29, 1.82) is 0 Å². The predicted octanol–water partition coefficient (Wildman–Crippen LogP) is 4.26. The molecule has 0 saturated heterocycles. The molecule has 0 amide bonds. The lowest BCUT2D eigenvalue weighted by atomic mass is 10.1. The molecule has 0 bridgehead atoms. The molecular weight excluding hydrogens is 310 g/mol. The Bertz CT molecular complexity index is 588. The molecular formula is C13H16BrN3S. The van der Waals surface area contributed by atoms with Gasteiger partial charge >= 0.3 is 0 Å². The molecule has 0 aliphatic heterocycles. The van der Waals surface area contributed by atoms with E-state index >= 15 is 0 Å². The highest BCUT2D eigenvalue weighted by Gasteiger charge is 2.14. The van der Waals surface area contributed by atoms with Gasteiger partial charge in [-0.25, -0.2) is 0 Å². The molecule has 18 heavy (non-hydrogen) atoms. The molecule has 2 aromatic rings. The maximum Gasteiger partial charge on any atom is 0.195 e. The number of aryl methyl sites for hydroxylation is 1. The second kappa shape index (κ2) is 5.80. The Balaban J connectivity index is 2.42. The van der Waals surface area contributed by atoms with Crippen molar-refractivity contribution in [3.05, 3.63) is 44.9 Å². The van der Waals surface area contributed by atoms with Crippen LogP contribution in [0.15, 0.2) is 28.7 Å². The number of hydrogen-bond acceptors (Lipinski definition) is 2. The number of rotatable bonds is 4. The molecule has 1 unspecified atom stereocenters. The third-order valence-electron chi connectivity index (χ3n) is 2.97. The number of aromatic amines is 1. The van der Waals surface area contributed by atoms with E-state index < -0.39 is 0 Å². The first-order valence-electron chi connectivity index (χ1n) is 6.04. The van der Waals surface area contributed by atoms with Crippen LogP contribution in [0.4, 0.5) is 0 Å². The van der Waals surface area contributed by atoms with Gasteiger partial charge in [-0.2, -0.15) is 5.10 Å². The molecule has 0 radical (unpaired) electrons.